The van der Waals surface area contributed by atoms with Gasteiger partial charge in [-0.1, -0.05) is 26.7 Å². The van der Waals surface area contributed by atoms with E-state index in [0.717, 1.165) is 0 Å². The Labute approximate surface area is 74.3 Å². The highest BCUT2D eigenvalue weighted by atomic mass is 31.1. The Morgan fingerprint density at radius 3 is 2.08 bits per heavy atom. The molecule has 0 bridgehead atoms. The van der Waals surface area contributed by atoms with Gasteiger partial charge in [0.2, 0.25) is 0 Å². The van der Waals surface area contributed by atoms with Gasteiger partial charge in [-0.05, 0) is 4.52 Å². The Balaban J connectivity index is 0. The van der Waals surface area contributed by atoms with E-state index in [4.69, 9.17) is 11.5 Å². The first-order chi connectivity index (χ1) is 5.58. The van der Waals surface area contributed by atoms with Crippen LogP contribution in [0.3, 0.4) is 0 Å². The fourth-order valence-corrected chi connectivity index (χ4v) is 0.462. The molecule has 4 nitrogen and oxygen atoms in total. The van der Waals surface area contributed by atoms with Gasteiger partial charge in [-0.15, -0.1) is 4.89 Å². The fourth-order valence-electron chi connectivity index (χ4n) is 0.154. The summed E-state index contributed by atoms with van der Waals surface area (Å²) in [6.07, 6.45) is 1.82. The van der Waals surface area contributed by atoms with Gasteiger partial charge in [0.25, 0.3) is 0 Å². The molecule has 0 aromatic rings. The number of nitrogens with zero attached hydrogens (tertiary/aromatic N) is 1. The van der Waals surface area contributed by atoms with E-state index in [-0.39, 0.29) is 0 Å². The molecule has 0 aromatic heterocycles. The van der Waals surface area contributed by atoms with Crippen molar-refractivity contribution in [2.75, 3.05) is 0 Å². The van der Waals surface area contributed by atoms with Crippen LogP contribution in [0.15, 0.2) is 0 Å². The highest BCUT2D eigenvalue weighted by molar-refractivity contribution is 7.32. The predicted octanol–water partition coefficient (Wildman–Crippen LogP) is 2.72. The monoisotopic (exact) mass is 192 g/mol. The second kappa shape index (κ2) is 10.5. The summed E-state index contributed by atoms with van der Waals surface area (Å²) in [5.74, 6) is 0. The first-order valence-corrected chi connectivity index (χ1v) is 4.90. The van der Waals surface area contributed by atoms with Crippen molar-refractivity contribution in [1.82, 2.24) is 0 Å². The summed E-state index contributed by atoms with van der Waals surface area (Å²) in [6.45, 7) is 12.0. The van der Waals surface area contributed by atoms with Gasteiger partial charge in [-0.2, -0.15) is 0 Å². The summed E-state index contributed by atoms with van der Waals surface area (Å²) in [6, 6.07) is 0. The lowest BCUT2D eigenvalue weighted by atomic mass is 10.4. The van der Waals surface area contributed by atoms with E-state index >= 15 is 0 Å². The molecule has 0 saturated carbocycles. The molecule has 0 aliphatic rings. The average molecular weight is 192 g/mol. The zero-order chi connectivity index (χ0) is 9.98. The molecule has 70 valence electrons. The van der Waals surface area contributed by atoms with Gasteiger partial charge in [0.1, 0.15) is 0 Å². The molecule has 0 fully saturated rings. The first-order valence-electron chi connectivity index (χ1n) is 3.77. The Kier molecular flexibility index (Phi) is 12.3. The van der Waals surface area contributed by atoms with E-state index in [1.807, 2.05) is 0 Å². The van der Waals surface area contributed by atoms with Gasteiger partial charge in [0.15, 0.2) is 0 Å². The lowest BCUT2D eigenvalue weighted by Gasteiger charge is -1.80. The zero-order valence-electron chi connectivity index (χ0n) is 7.65. The molecule has 0 heterocycles. The summed E-state index contributed by atoms with van der Waals surface area (Å²) >= 11 is 0. The number of rotatable bonds is 3. The molecule has 1 N–H and O–H groups in total. The third-order valence-electron chi connectivity index (χ3n) is 0.925. The van der Waals surface area contributed by atoms with Crippen molar-refractivity contribution in [2.24, 2.45) is 0 Å². The molecular weight excluding hydrogens is 177 g/mol. The third kappa shape index (κ3) is 16.3. The topological polar surface area (TPSA) is 50.9 Å². The van der Waals surface area contributed by atoms with Crippen molar-refractivity contribution < 1.29 is 14.0 Å². The Morgan fingerprint density at radius 2 is 2.00 bits per heavy atom. The van der Waals surface area contributed by atoms with Crippen LogP contribution in [0.4, 0.5) is 0 Å². The van der Waals surface area contributed by atoms with Crippen LogP contribution >= 0.6 is 8.25 Å². The molecule has 0 saturated heterocycles. The van der Waals surface area contributed by atoms with Crippen LogP contribution in [0.1, 0.15) is 33.6 Å². The molecular formula is C7H15NO3P+. The van der Waals surface area contributed by atoms with Gasteiger partial charge in [-0.3, -0.25) is 4.85 Å². The molecule has 2 atom stereocenters. The molecule has 0 aliphatic carbocycles. The molecule has 0 aromatic carbocycles. The minimum Gasteiger partial charge on any atom is -0.279 e. The van der Waals surface area contributed by atoms with Gasteiger partial charge in [-0.25, -0.2) is 6.57 Å². The van der Waals surface area contributed by atoms with Crippen LogP contribution in [0.25, 0.3) is 4.85 Å². The molecule has 0 amide bonds. The Hall–Kier alpha value is -0.490. The largest absolute Gasteiger partial charge is 0.702 e. The van der Waals surface area contributed by atoms with Crippen molar-refractivity contribution in [3.05, 3.63) is 11.4 Å². The van der Waals surface area contributed by atoms with E-state index in [9.17, 15) is 4.57 Å². The van der Waals surface area contributed by atoms with Gasteiger partial charge in [0, 0.05) is 11.5 Å². The average Bonchev–Trinajstić information content (AvgIpc) is 2.04. The van der Waals surface area contributed by atoms with Crippen molar-refractivity contribution in [3.63, 3.8) is 0 Å². The summed E-state index contributed by atoms with van der Waals surface area (Å²) in [4.78, 5) is 10.8. The Bertz CT molecular complexity index is 153. The smallest absolute Gasteiger partial charge is 0.279 e. The van der Waals surface area contributed by atoms with E-state index in [0.29, 0.717) is 0 Å². The van der Waals surface area contributed by atoms with Crippen molar-refractivity contribution in [2.45, 2.75) is 39.8 Å². The van der Waals surface area contributed by atoms with Crippen molar-refractivity contribution in [3.8, 4) is 0 Å². The zero-order valence-corrected chi connectivity index (χ0v) is 8.54. The van der Waals surface area contributed by atoms with Crippen LogP contribution in [-0.4, -0.2) is 11.1 Å². The van der Waals surface area contributed by atoms with Gasteiger partial charge < -0.3 is 0 Å². The summed E-state index contributed by atoms with van der Waals surface area (Å²) in [5.41, 5.74) is 0. The standard InChI is InChI=1S/C4H10.C3H4NO3P/c1-3-4-2;1-3(4-2)7-8(5)6/h3-4H2,1-2H3;3H,1H3/p+1. The summed E-state index contributed by atoms with van der Waals surface area (Å²) < 4.78 is 13.9. The molecule has 0 spiro atoms. The van der Waals surface area contributed by atoms with Crippen LogP contribution in [0.5, 0.6) is 0 Å². The van der Waals surface area contributed by atoms with Crippen LogP contribution < -0.4 is 0 Å². The Morgan fingerprint density at radius 1 is 1.58 bits per heavy atom. The van der Waals surface area contributed by atoms with Crippen LogP contribution in [0.2, 0.25) is 0 Å². The number of unbranched alkanes of at least 4 members (excludes halogenated alkanes) is 1. The van der Waals surface area contributed by atoms with E-state index in [1.165, 1.54) is 19.8 Å². The predicted molar refractivity (Wildman–Crippen MR) is 47.6 cm³/mol. The lowest BCUT2D eigenvalue weighted by Crippen LogP contribution is -1.93. The van der Waals surface area contributed by atoms with Crippen molar-refractivity contribution in [1.29, 1.82) is 0 Å². The lowest BCUT2D eigenvalue weighted by molar-refractivity contribution is 0.243. The van der Waals surface area contributed by atoms with Gasteiger partial charge >= 0.3 is 14.5 Å². The molecule has 0 radical (unpaired) electrons. The fraction of sp³-hybridized carbons (Fsp3) is 0.857. The number of hydrogen-bond donors (Lipinski definition) is 1. The number of hydrogen-bond acceptors (Lipinski definition) is 2. The van der Waals surface area contributed by atoms with Crippen LogP contribution in [0, 0.1) is 6.57 Å². The molecule has 0 rings (SSSR count). The van der Waals surface area contributed by atoms with Crippen molar-refractivity contribution >= 4 is 8.25 Å². The van der Waals surface area contributed by atoms with Crippen LogP contribution in [-0.2, 0) is 9.09 Å². The van der Waals surface area contributed by atoms with E-state index < -0.39 is 14.5 Å². The molecule has 0 aliphatic heterocycles. The minimum atomic E-state index is -2.61. The summed E-state index contributed by atoms with van der Waals surface area (Å²) in [7, 11) is -2.61. The SMILES string of the molecule is CCCC.[C-]#[N+]C(C)O[P+](=O)O. The van der Waals surface area contributed by atoms with Gasteiger partial charge in [0.05, 0.1) is 0 Å². The highest BCUT2D eigenvalue weighted by Gasteiger charge is 2.21. The molecule has 2 unspecified atom stereocenters. The first kappa shape index (κ1) is 14.1. The maximum absolute atomic E-state index is 9.75. The summed E-state index contributed by atoms with van der Waals surface area (Å²) in [5, 5.41) is 0. The van der Waals surface area contributed by atoms with E-state index in [2.05, 4.69) is 23.2 Å². The third-order valence-corrected chi connectivity index (χ3v) is 1.41. The second-order valence-corrected chi connectivity index (χ2v) is 2.76. The normalized spacial score (nSPS) is 12.1. The highest BCUT2D eigenvalue weighted by Crippen LogP contribution is 2.17. The molecule has 12 heavy (non-hydrogen) atoms. The quantitative estimate of drug-likeness (QED) is 0.552. The maximum atomic E-state index is 9.75. The maximum Gasteiger partial charge on any atom is 0.702 e. The second-order valence-electron chi connectivity index (χ2n) is 2.07. The molecule has 5 heteroatoms. The van der Waals surface area contributed by atoms with E-state index in [1.54, 1.807) is 0 Å². The minimum absolute atomic E-state index is 0.816.